The van der Waals surface area contributed by atoms with E-state index in [2.05, 4.69) is 14.9 Å². The second kappa shape index (κ2) is 3.55. The minimum Gasteiger partial charge on any atom is -0.394 e. The zero-order chi connectivity index (χ0) is 10.8. The molecule has 0 aromatic carbocycles. The van der Waals surface area contributed by atoms with E-state index < -0.39 is 15.8 Å². The van der Waals surface area contributed by atoms with E-state index in [-0.39, 0.29) is 11.5 Å². The summed E-state index contributed by atoms with van der Waals surface area (Å²) in [5.74, 6) is -0.601. The molecule has 0 amide bonds. The molecule has 76 valence electrons. The number of H-pyrrole nitrogens is 1. The van der Waals surface area contributed by atoms with Crippen LogP contribution in [0.3, 0.4) is 0 Å². The average Bonchev–Trinajstić information content (AvgIpc) is 2.35. The van der Waals surface area contributed by atoms with E-state index in [0.717, 1.165) is 0 Å². The van der Waals surface area contributed by atoms with Crippen LogP contribution in [-0.2, 0) is 10.0 Å². The van der Waals surface area contributed by atoms with Gasteiger partial charge in [-0.05, 0) is 6.92 Å². The molecule has 0 unspecified atom stereocenters. The van der Waals surface area contributed by atoms with Gasteiger partial charge in [0, 0.05) is 0 Å². The molecule has 1 aromatic rings. The quantitative estimate of drug-likeness (QED) is 0.630. The summed E-state index contributed by atoms with van der Waals surface area (Å²) in [5, 5.41) is 14.4. The van der Waals surface area contributed by atoms with Crippen molar-refractivity contribution in [1.82, 2.24) is 10.2 Å². The van der Waals surface area contributed by atoms with Crippen LogP contribution in [-0.4, -0.2) is 24.4 Å². The number of sulfonamides is 1. The molecular weight excluding hydrogens is 206 g/mol. The maximum absolute atomic E-state index is 11.1. The average molecular weight is 215 g/mol. The number of nitrogens with two attached hydrogens (primary N) is 1. The summed E-state index contributed by atoms with van der Waals surface area (Å²) < 4.78 is 24.3. The standard InChI is InChI=1S/C6H9N5O2S/c1-4-5(8)6(10-9-4)11-14(12,13)3-2-7/h3,8H2,1H3,(H2,9,10,11). The molecule has 0 spiro atoms. The Morgan fingerprint density at radius 1 is 1.71 bits per heavy atom. The van der Waals surface area contributed by atoms with E-state index in [1.54, 1.807) is 6.92 Å². The van der Waals surface area contributed by atoms with Crippen molar-refractivity contribution in [2.45, 2.75) is 6.92 Å². The van der Waals surface area contributed by atoms with Crippen molar-refractivity contribution in [3.8, 4) is 6.07 Å². The maximum Gasteiger partial charge on any atom is 0.247 e. The Kier molecular flexibility index (Phi) is 2.62. The largest absolute Gasteiger partial charge is 0.394 e. The molecule has 0 saturated heterocycles. The van der Waals surface area contributed by atoms with Crippen LogP contribution in [0.1, 0.15) is 5.69 Å². The maximum atomic E-state index is 11.1. The Bertz CT molecular complexity index is 469. The second-order valence-corrected chi connectivity index (χ2v) is 4.35. The highest BCUT2D eigenvalue weighted by Gasteiger charge is 2.14. The lowest BCUT2D eigenvalue weighted by atomic mass is 10.4. The van der Waals surface area contributed by atoms with E-state index in [1.807, 2.05) is 0 Å². The first-order valence-electron chi connectivity index (χ1n) is 3.64. The lowest BCUT2D eigenvalue weighted by molar-refractivity contribution is 0.604. The number of rotatable bonds is 3. The monoisotopic (exact) mass is 215 g/mol. The number of aryl methyl sites for hydroxylation is 1. The minimum absolute atomic E-state index is 0.0257. The van der Waals surface area contributed by atoms with Crippen LogP contribution in [0.4, 0.5) is 11.5 Å². The number of nitriles is 1. The van der Waals surface area contributed by atoms with Crippen LogP contribution in [0.25, 0.3) is 0 Å². The minimum atomic E-state index is -3.67. The lowest BCUT2D eigenvalue weighted by Gasteiger charge is -2.01. The molecule has 0 saturated carbocycles. The molecule has 7 nitrogen and oxygen atoms in total. The highest BCUT2D eigenvalue weighted by molar-refractivity contribution is 7.92. The van der Waals surface area contributed by atoms with E-state index in [1.165, 1.54) is 6.07 Å². The Hall–Kier alpha value is -1.75. The van der Waals surface area contributed by atoms with Crippen molar-refractivity contribution >= 4 is 21.5 Å². The van der Waals surface area contributed by atoms with Crippen LogP contribution in [0.15, 0.2) is 0 Å². The van der Waals surface area contributed by atoms with Crippen LogP contribution in [0.2, 0.25) is 0 Å². The number of nitrogens with zero attached hydrogens (tertiary/aromatic N) is 2. The predicted molar refractivity (Wildman–Crippen MR) is 50.8 cm³/mol. The van der Waals surface area contributed by atoms with Crippen molar-refractivity contribution in [3.63, 3.8) is 0 Å². The number of aromatic amines is 1. The Balaban J connectivity index is 2.91. The van der Waals surface area contributed by atoms with E-state index in [4.69, 9.17) is 11.0 Å². The van der Waals surface area contributed by atoms with Crippen LogP contribution < -0.4 is 10.5 Å². The van der Waals surface area contributed by atoms with Crippen molar-refractivity contribution in [2.24, 2.45) is 0 Å². The van der Waals surface area contributed by atoms with Crippen molar-refractivity contribution in [3.05, 3.63) is 5.69 Å². The summed E-state index contributed by atoms with van der Waals surface area (Å²) in [5.41, 5.74) is 6.30. The normalized spacial score (nSPS) is 10.9. The van der Waals surface area contributed by atoms with Gasteiger partial charge in [0.2, 0.25) is 10.0 Å². The molecule has 4 N–H and O–H groups in total. The van der Waals surface area contributed by atoms with E-state index >= 15 is 0 Å². The van der Waals surface area contributed by atoms with Gasteiger partial charge in [0.25, 0.3) is 0 Å². The number of hydrogen-bond donors (Lipinski definition) is 3. The third kappa shape index (κ3) is 2.14. The van der Waals surface area contributed by atoms with Gasteiger partial charge in [0.15, 0.2) is 11.6 Å². The second-order valence-electron chi connectivity index (χ2n) is 2.63. The van der Waals surface area contributed by atoms with E-state index in [0.29, 0.717) is 5.69 Å². The zero-order valence-corrected chi connectivity index (χ0v) is 8.22. The molecule has 8 heteroatoms. The molecule has 1 rings (SSSR count). The first-order valence-corrected chi connectivity index (χ1v) is 5.29. The predicted octanol–water partition coefficient (Wildman–Crippen LogP) is -0.434. The van der Waals surface area contributed by atoms with Crippen LogP contribution in [0, 0.1) is 18.3 Å². The highest BCUT2D eigenvalue weighted by atomic mass is 32.2. The molecule has 0 atom stereocenters. The van der Waals surface area contributed by atoms with Gasteiger partial charge in [-0.2, -0.15) is 10.4 Å². The van der Waals surface area contributed by atoms with Crippen molar-refractivity contribution in [1.29, 1.82) is 5.26 Å². The van der Waals surface area contributed by atoms with Crippen molar-refractivity contribution in [2.75, 3.05) is 16.2 Å². The smallest absolute Gasteiger partial charge is 0.247 e. The van der Waals surface area contributed by atoms with E-state index in [9.17, 15) is 8.42 Å². The summed E-state index contributed by atoms with van der Waals surface area (Å²) in [4.78, 5) is 0. The number of aromatic nitrogens is 2. The Labute approximate surface area is 81.0 Å². The highest BCUT2D eigenvalue weighted by Crippen LogP contribution is 2.18. The van der Waals surface area contributed by atoms with Gasteiger partial charge in [0.1, 0.15) is 0 Å². The fourth-order valence-corrected chi connectivity index (χ4v) is 1.48. The Morgan fingerprint density at radius 2 is 2.36 bits per heavy atom. The molecule has 1 aromatic heterocycles. The summed E-state index contributed by atoms with van der Waals surface area (Å²) in [7, 11) is -3.67. The van der Waals surface area contributed by atoms with Gasteiger partial charge in [-0.15, -0.1) is 0 Å². The van der Waals surface area contributed by atoms with Gasteiger partial charge in [-0.3, -0.25) is 9.82 Å². The third-order valence-corrected chi connectivity index (χ3v) is 2.51. The number of anilines is 2. The number of nitrogen functional groups attached to an aromatic ring is 1. The first kappa shape index (κ1) is 10.3. The molecule has 0 fully saturated rings. The van der Waals surface area contributed by atoms with Gasteiger partial charge < -0.3 is 5.73 Å². The fourth-order valence-electron chi connectivity index (χ4n) is 0.784. The summed E-state index contributed by atoms with van der Waals surface area (Å²) in [6.45, 7) is 1.66. The van der Waals surface area contributed by atoms with Gasteiger partial charge in [0.05, 0.1) is 17.5 Å². The molecule has 0 aliphatic rings. The molecule has 0 aliphatic carbocycles. The molecule has 14 heavy (non-hydrogen) atoms. The lowest BCUT2D eigenvalue weighted by Crippen LogP contribution is -2.16. The Morgan fingerprint density at radius 3 is 2.79 bits per heavy atom. The number of nitrogens with one attached hydrogen (secondary N) is 2. The summed E-state index contributed by atoms with van der Waals surface area (Å²) in [6, 6.07) is 1.53. The van der Waals surface area contributed by atoms with Crippen LogP contribution >= 0.6 is 0 Å². The van der Waals surface area contributed by atoms with Crippen molar-refractivity contribution < 1.29 is 8.42 Å². The van der Waals surface area contributed by atoms with Gasteiger partial charge in [-0.1, -0.05) is 0 Å². The topological polar surface area (TPSA) is 125 Å². The molecule has 1 heterocycles. The zero-order valence-electron chi connectivity index (χ0n) is 7.40. The third-order valence-electron chi connectivity index (χ3n) is 1.50. The summed E-state index contributed by atoms with van der Waals surface area (Å²) in [6.07, 6.45) is 0. The fraction of sp³-hybridized carbons (Fsp3) is 0.333. The number of hydrogen-bond acceptors (Lipinski definition) is 5. The molecule has 0 bridgehead atoms. The van der Waals surface area contributed by atoms with Gasteiger partial charge >= 0.3 is 0 Å². The SMILES string of the molecule is Cc1[nH]nc(NS(=O)(=O)CC#N)c1N. The molecular formula is C6H9N5O2S. The van der Waals surface area contributed by atoms with Gasteiger partial charge in [-0.25, -0.2) is 8.42 Å². The molecule has 0 radical (unpaired) electrons. The first-order chi connectivity index (χ1) is 6.46. The molecule has 0 aliphatic heterocycles. The summed E-state index contributed by atoms with van der Waals surface area (Å²) >= 11 is 0. The van der Waals surface area contributed by atoms with Crippen LogP contribution in [0.5, 0.6) is 0 Å².